The molecule has 0 fully saturated rings. The van der Waals surface area contributed by atoms with Gasteiger partial charge in [-0.25, -0.2) is 0 Å². The first kappa shape index (κ1) is 25.0. The summed E-state index contributed by atoms with van der Waals surface area (Å²) in [5, 5.41) is 16.0. The molecular weight excluding hydrogens is 395 g/mol. The largest absolute Gasteiger partial charge is 0.489 e. The SMILES string of the molecule is Cl.Cl.OCCNCCCNCc1cccc(OCc2ccccc2Cl)c1. The zero-order valence-corrected chi connectivity index (χ0v) is 17.0. The number of hydrogen-bond acceptors (Lipinski definition) is 4. The van der Waals surface area contributed by atoms with Crippen LogP contribution in [-0.4, -0.2) is 31.3 Å². The summed E-state index contributed by atoms with van der Waals surface area (Å²) in [6.07, 6.45) is 1.03. The number of aliphatic hydroxyl groups is 1. The summed E-state index contributed by atoms with van der Waals surface area (Å²) < 4.78 is 5.84. The Kier molecular flexibility index (Phi) is 14.5. The number of halogens is 3. The summed E-state index contributed by atoms with van der Waals surface area (Å²) in [6.45, 7) is 3.97. The summed E-state index contributed by atoms with van der Waals surface area (Å²) >= 11 is 6.14. The third kappa shape index (κ3) is 9.62. The molecule has 0 aliphatic carbocycles. The average Bonchev–Trinajstić information content (AvgIpc) is 2.61. The monoisotopic (exact) mass is 420 g/mol. The molecule has 146 valence electrons. The Balaban J connectivity index is 0.00000312. The minimum Gasteiger partial charge on any atom is -0.489 e. The van der Waals surface area contributed by atoms with Crippen LogP contribution < -0.4 is 15.4 Å². The van der Waals surface area contributed by atoms with Crippen molar-refractivity contribution >= 4 is 36.4 Å². The predicted molar refractivity (Wildman–Crippen MR) is 113 cm³/mol. The van der Waals surface area contributed by atoms with Crippen molar-refractivity contribution < 1.29 is 9.84 Å². The van der Waals surface area contributed by atoms with Crippen molar-refractivity contribution in [2.45, 2.75) is 19.6 Å². The van der Waals surface area contributed by atoms with Gasteiger partial charge in [-0.05, 0) is 43.3 Å². The molecule has 0 saturated carbocycles. The smallest absolute Gasteiger partial charge is 0.120 e. The maximum absolute atomic E-state index is 8.68. The van der Waals surface area contributed by atoms with Crippen molar-refractivity contribution in [2.75, 3.05) is 26.2 Å². The molecule has 0 aliphatic rings. The molecule has 0 atom stereocenters. The molecule has 0 amide bonds. The molecule has 0 radical (unpaired) electrons. The summed E-state index contributed by atoms with van der Waals surface area (Å²) in [6, 6.07) is 15.8. The number of ether oxygens (including phenoxy) is 1. The van der Waals surface area contributed by atoms with Crippen LogP contribution >= 0.6 is 36.4 Å². The molecule has 0 aliphatic heterocycles. The number of aliphatic hydroxyl groups excluding tert-OH is 1. The average molecular weight is 422 g/mol. The first-order valence-corrected chi connectivity index (χ1v) is 8.65. The van der Waals surface area contributed by atoms with E-state index in [0.29, 0.717) is 13.2 Å². The zero-order chi connectivity index (χ0) is 17.0. The van der Waals surface area contributed by atoms with Crippen LogP contribution in [0, 0.1) is 0 Å². The van der Waals surface area contributed by atoms with Crippen LogP contribution in [-0.2, 0) is 13.2 Å². The maximum Gasteiger partial charge on any atom is 0.120 e. The lowest BCUT2D eigenvalue weighted by Gasteiger charge is -2.10. The second-order valence-electron chi connectivity index (χ2n) is 5.53. The molecule has 2 aromatic carbocycles. The summed E-state index contributed by atoms with van der Waals surface area (Å²) in [4.78, 5) is 0. The lowest BCUT2D eigenvalue weighted by atomic mass is 10.2. The first-order valence-electron chi connectivity index (χ1n) is 8.27. The van der Waals surface area contributed by atoms with Crippen molar-refractivity contribution in [3.63, 3.8) is 0 Å². The second-order valence-corrected chi connectivity index (χ2v) is 5.94. The normalized spacial score (nSPS) is 9.92. The van der Waals surface area contributed by atoms with Gasteiger partial charge in [0.25, 0.3) is 0 Å². The van der Waals surface area contributed by atoms with Crippen LogP contribution in [0.2, 0.25) is 5.02 Å². The molecule has 0 spiro atoms. The van der Waals surface area contributed by atoms with Crippen molar-refractivity contribution in [2.24, 2.45) is 0 Å². The van der Waals surface area contributed by atoms with Gasteiger partial charge in [0, 0.05) is 23.7 Å². The van der Waals surface area contributed by atoms with Gasteiger partial charge in [0.05, 0.1) is 6.61 Å². The maximum atomic E-state index is 8.68. The third-order valence-electron chi connectivity index (χ3n) is 3.58. The summed E-state index contributed by atoms with van der Waals surface area (Å²) in [5.41, 5.74) is 2.17. The van der Waals surface area contributed by atoms with Crippen molar-refractivity contribution in [3.8, 4) is 5.75 Å². The highest BCUT2D eigenvalue weighted by Crippen LogP contribution is 2.19. The van der Waals surface area contributed by atoms with Gasteiger partial charge in [0.15, 0.2) is 0 Å². The summed E-state index contributed by atoms with van der Waals surface area (Å²) in [7, 11) is 0. The van der Waals surface area contributed by atoms with Gasteiger partial charge in [-0.3, -0.25) is 0 Å². The van der Waals surface area contributed by atoms with E-state index >= 15 is 0 Å². The molecule has 0 saturated heterocycles. The van der Waals surface area contributed by atoms with E-state index in [1.165, 1.54) is 5.56 Å². The van der Waals surface area contributed by atoms with Crippen molar-refractivity contribution in [1.29, 1.82) is 0 Å². The van der Waals surface area contributed by atoms with E-state index in [-0.39, 0.29) is 31.4 Å². The van der Waals surface area contributed by atoms with E-state index in [1.807, 2.05) is 42.5 Å². The van der Waals surface area contributed by atoms with Gasteiger partial charge >= 0.3 is 0 Å². The van der Waals surface area contributed by atoms with Gasteiger partial charge < -0.3 is 20.5 Å². The highest BCUT2D eigenvalue weighted by molar-refractivity contribution is 6.31. The van der Waals surface area contributed by atoms with Gasteiger partial charge in [0.2, 0.25) is 0 Å². The molecule has 4 nitrogen and oxygen atoms in total. The van der Waals surface area contributed by atoms with Gasteiger partial charge in [0.1, 0.15) is 12.4 Å². The number of nitrogens with one attached hydrogen (secondary N) is 2. The number of rotatable bonds is 11. The molecule has 0 aromatic heterocycles. The Morgan fingerprint density at radius 1 is 0.923 bits per heavy atom. The highest BCUT2D eigenvalue weighted by atomic mass is 35.5. The van der Waals surface area contributed by atoms with Gasteiger partial charge in [-0.15, -0.1) is 24.8 Å². The Hall–Kier alpha value is -1.01. The molecule has 26 heavy (non-hydrogen) atoms. The number of hydrogen-bond donors (Lipinski definition) is 3. The molecule has 0 unspecified atom stereocenters. The fourth-order valence-corrected chi connectivity index (χ4v) is 2.49. The van der Waals surface area contributed by atoms with Crippen LogP contribution in [0.25, 0.3) is 0 Å². The van der Waals surface area contributed by atoms with Crippen LogP contribution in [0.4, 0.5) is 0 Å². The first-order chi connectivity index (χ1) is 11.8. The van der Waals surface area contributed by atoms with Crippen molar-refractivity contribution in [1.82, 2.24) is 10.6 Å². The Bertz CT molecular complexity index is 615. The van der Waals surface area contributed by atoms with Crippen molar-refractivity contribution in [3.05, 3.63) is 64.7 Å². The third-order valence-corrected chi connectivity index (χ3v) is 3.94. The van der Waals surface area contributed by atoms with E-state index in [0.717, 1.165) is 42.4 Å². The van der Waals surface area contributed by atoms with E-state index in [2.05, 4.69) is 16.7 Å². The molecule has 0 bridgehead atoms. The Morgan fingerprint density at radius 2 is 1.69 bits per heavy atom. The Morgan fingerprint density at radius 3 is 2.46 bits per heavy atom. The predicted octanol–water partition coefficient (Wildman–Crippen LogP) is 3.82. The molecular formula is C19H27Cl3N2O2. The second kappa shape index (κ2) is 15.1. The lowest BCUT2D eigenvalue weighted by molar-refractivity contribution is 0.292. The van der Waals surface area contributed by atoms with E-state index in [9.17, 15) is 0 Å². The number of benzene rings is 2. The molecule has 3 N–H and O–H groups in total. The fraction of sp³-hybridized carbons (Fsp3) is 0.368. The highest BCUT2D eigenvalue weighted by Gasteiger charge is 2.01. The fourth-order valence-electron chi connectivity index (χ4n) is 2.30. The minimum atomic E-state index is 0. The van der Waals surface area contributed by atoms with Crippen LogP contribution in [0.15, 0.2) is 48.5 Å². The topological polar surface area (TPSA) is 53.5 Å². The van der Waals surface area contributed by atoms with E-state index in [4.69, 9.17) is 21.4 Å². The van der Waals surface area contributed by atoms with Gasteiger partial charge in [-0.2, -0.15) is 0 Å². The zero-order valence-electron chi connectivity index (χ0n) is 14.6. The minimum absolute atomic E-state index is 0. The van der Waals surface area contributed by atoms with Crippen LogP contribution in [0.1, 0.15) is 17.5 Å². The van der Waals surface area contributed by atoms with Crippen LogP contribution in [0.3, 0.4) is 0 Å². The lowest BCUT2D eigenvalue weighted by Crippen LogP contribution is -2.23. The summed E-state index contributed by atoms with van der Waals surface area (Å²) in [5.74, 6) is 0.846. The van der Waals surface area contributed by atoms with E-state index in [1.54, 1.807) is 0 Å². The quantitative estimate of drug-likeness (QED) is 0.483. The molecule has 7 heteroatoms. The molecule has 2 rings (SSSR count). The standard InChI is InChI=1S/C19H25ClN2O2.2ClH/c20-19-8-2-1-6-17(19)15-24-18-7-3-5-16(13-18)14-22-10-4-9-21-11-12-23;;/h1-3,5-8,13,21-23H,4,9-12,14-15H2;2*1H. The molecule has 0 heterocycles. The molecule has 2 aromatic rings. The van der Waals surface area contributed by atoms with Gasteiger partial charge in [-0.1, -0.05) is 41.9 Å². The Labute approximate surface area is 173 Å². The van der Waals surface area contributed by atoms with Crippen LogP contribution in [0.5, 0.6) is 5.75 Å². The van der Waals surface area contributed by atoms with E-state index < -0.39 is 0 Å².